The van der Waals surface area contributed by atoms with E-state index in [0.717, 1.165) is 0 Å². The highest BCUT2D eigenvalue weighted by atomic mass is 19.3. The summed E-state index contributed by atoms with van der Waals surface area (Å²) in [5, 5.41) is 0. The average Bonchev–Trinajstić information content (AvgIpc) is 2.16. The summed E-state index contributed by atoms with van der Waals surface area (Å²) in [6.07, 6.45) is 2.34. The molecular weight excluding hydrogens is 170 g/mol. The monoisotopic (exact) mass is 188 g/mol. The Kier molecular flexibility index (Phi) is 10.3. The topological polar surface area (TPSA) is 0 Å². The smallest absolute Gasteiger partial charge is 0.210 e. The average molecular weight is 188 g/mol. The zero-order valence-corrected chi connectivity index (χ0v) is 8.56. The lowest BCUT2D eigenvalue weighted by molar-refractivity contribution is 0.105. The van der Waals surface area contributed by atoms with Crippen molar-refractivity contribution in [1.29, 1.82) is 0 Å². The van der Waals surface area contributed by atoms with Crippen molar-refractivity contribution in [3.63, 3.8) is 0 Å². The van der Waals surface area contributed by atoms with Gasteiger partial charge in [-0.15, -0.1) is 0 Å². The lowest BCUT2D eigenvalue weighted by atomic mass is 10.0. The second-order valence-corrected chi connectivity index (χ2v) is 2.29. The van der Waals surface area contributed by atoms with Crippen LogP contribution in [0.25, 0.3) is 0 Å². The molecule has 0 aromatic heterocycles. The van der Waals surface area contributed by atoms with E-state index >= 15 is 0 Å². The second kappa shape index (κ2) is 9.17. The molecule has 0 spiro atoms. The summed E-state index contributed by atoms with van der Waals surface area (Å²) < 4.78 is 24.0. The third kappa shape index (κ3) is 7.44. The lowest BCUT2D eigenvalue weighted by Gasteiger charge is -2.08. The van der Waals surface area contributed by atoms with Gasteiger partial charge in [0.1, 0.15) is 0 Å². The molecule has 0 aliphatic heterocycles. The number of halogens is 2. The van der Waals surface area contributed by atoms with Crippen LogP contribution in [0.3, 0.4) is 0 Å². The van der Waals surface area contributed by atoms with E-state index in [1.165, 1.54) is 13.0 Å². The van der Waals surface area contributed by atoms with Crippen molar-refractivity contribution >= 4 is 0 Å². The molecule has 13 heavy (non-hydrogen) atoms. The minimum Gasteiger partial charge on any atom is -0.210 e. The molecule has 0 aliphatic rings. The fraction of sp³-hybridized carbons (Fsp3) is 0.455. The van der Waals surface area contributed by atoms with Crippen molar-refractivity contribution < 1.29 is 8.78 Å². The summed E-state index contributed by atoms with van der Waals surface area (Å²) in [6.45, 7) is 12.4. The second-order valence-electron chi connectivity index (χ2n) is 2.29. The molecule has 1 atom stereocenters. The minimum absolute atomic E-state index is 0.430. The SMILES string of the molecule is C=C/C=C\C(=C)C(C)C(F)F.CC. The van der Waals surface area contributed by atoms with Crippen molar-refractivity contribution in [3.05, 3.63) is 37.0 Å². The van der Waals surface area contributed by atoms with Crippen LogP contribution in [-0.2, 0) is 0 Å². The number of hydrogen-bond acceptors (Lipinski definition) is 0. The molecule has 0 aliphatic carbocycles. The van der Waals surface area contributed by atoms with Crippen LogP contribution >= 0.6 is 0 Å². The minimum atomic E-state index is -2.34. The predicted molar refractivity (Wildman–Crippen MR) is 55.0 cm³/mol. The maximum atomic E-state index is 12.0. The van der Waals surface area contributed by atoms with E-state index in [4.69, 9.17) is 0 Å². The van der Waals surface area contributed by atoms with Gasteiger partial charge < -0.3 is 0 Å². The Labute approximate surface area is 79.7 Å². The Balaban J connectivity index is 0. The van der Waals surface area contributed by atoms with E-state index in [9.17, 15) is 8.78 Å². The zero-order valence-electron chi connectivity index (χ0n) is 8.56. The highest BCUT2D eigenvalue weighted by molar-refractivity contribution is 5.20. The van der Waals surface area contributed by atoms with E-state index in [-0.39, 0.29) is 0 Å². The summed E-state index contributed by atoms with van der Waals surface area (Å²) >= 11 is 0. The highest BCUT2D eigenvalue weighted by Crippen LogP contribution is 2.17. The molecule has 0 aromatic rings. The van der Waals surface area contributed by atoms with Crippen LogP contribution in [0.2, 0.25) is 0 Å². The van der Waals surface area contributed by atoms with E-state index in [0.29, 0.717) is 5.57 Å². The van der Waals surface area contributed by atoms with Crippen LogP contribution in [0.5, 0.6) is 0 Å². The quantitative estimate of drug-likeness (QED) is 0.580. The summed E-state index contributed by atoms with van der Waals surface area (Å²) in [6, 6.07) is 0. The van der Waals surface area contributed by atoms with Gasteiger partial charge in [0.05, 0.1) is 0 Å². The molecule has 1 unspecified atom stereocenters. The van der Waals surface area contributed by atoms with E-state index < -0.39 is 12.3 Å². The van der Waals surface area contributed by atoms with Gasteiger partial charge in [0.2, 0.25) is 6.43 Å². The van der Waals surface area contributed by atoms with Crippen LogP contribution in [-0.4, -0.2) is 6.43 Å². The van der Waals surface area contributed by atoms with Crippen LogP contribution in [0.15, 0.2) is 37.0 Å². The Morgan fingerprint density at radius 3 is 2.08 bits per heavy atom. The maximum Gasteiger partial charge on any atom is 0.245 e. The molecule has 0 heterocycles. The van der Waals surface area contributed by atoms with Crippen LogP contribution in [0.4, 0.5) is 8.78 Å². The Morgan fingerprint density at radius 2 is 1.77 bits per heavy atom. The molecule has 0 saturated carbocycles. The first-order valence-corrected chi connectivity index (χ1v) is 4.35. The van der Waals surface area contributed by atoms with Crippen molar-refractivity contribution in [2.45, 2.75) is 27.2 Å². The fourth-order valence-corrected chi connectivity index (χ4v) is 0.505. The normalized spacial score (nSPS) is 12.2. The van der Waals surface area contributed by atoms with Gasteiger partial charge in [-0.05, 0) is 5.57 Å². The molecule has 76 valence electrons. The lowest BCUT2D eigenvalue weighted by Crippen LogP contribution is -2.07. The Morgan fingerprint density at radius 1 is 1.31 bits per heavy atom. The molecule has 0 aromatic carbocycles. The van der Waals surface area contributed by atoms with Crippen LogP contribution in [0, 0.1) is 5.92 Å². The van der Waals surface area contributed by atoms with Gasteiger partial charge in [0.25, 0.3) is 0 Å². The van der Waals surface area contributed by atoms with Gasteiger partial charge in [-0.2, -0.15) is 0 Å². The maximum absolute atomic E-state index is 12.0. The first-order chi connectivity index (χ1) is 6.09. The predicted octanol–water partition coefficient (Wildman–Crippen LogP) is 4.21. The molecular formula is C11H18F2. The van der Waals surface area contributed by atoms with Gasteiger partial charge in [-0.25, -0.2) is 8.78 Å². The molecule has 0 N–H and O–H groups in total. The number of rotatable bonds is 4. The fourth-order valence-electron chi connectivity index (χ4n) is 0.505. The standard InChI is InChI=1S/C9H12F2.C2H6/c1-4-5-6-7(2)8(3)9(10)11;1-2/h4-6,8-9H,1-2H2,3H3;1-2H3/b6-5-;. The highest BCUT2D eigenvalue weighted by Gasteiger charge is 2.15. The van der Waals surface area contributed by atoms with Gasteiger partial charge in [-0.1, -0.05) is 52.2 Å². The summed E-state index contributed by atoms with van der Waals surface area (Å²) in [5.41, 5.74) is 0.430. The Hall–Kier alpha value is -0.920. The van der Waals surface area contributed by atoms with Gasteiger partial charge in [-0.3, -0.25) is 0 Å². The van der Waals surface area contributed by atoms with E-state index in [1.807, 2.05) is 13.8 Å². The molecule has 2 heteroatoms. The molecule has 0 saturated heterocycles. The summed E-state index contributed by atoms with van der Waals surface area (Å²) in [4.78, 5) is 0. The van der Waals surface area contributed by atoms with Crippen molar-refractivity contribution in [2.24, 2.45) is 5.92 Å². The van der Waals surface area contributed by atoms with Gasteiger partial charge in [0, 0.05) is 5.92 Å². The largest absolute Gasteiger partial charge is 0.245 e. The summed E-state index contributed by atoms with van der Waals surface area (Å²) in [7, 11) is 0. The van der Waals surface area contributed by atoms with Crippen LogP contribution < -0.4 is 0 Å². The van der Waals surface area contributed by atoms with Gasteiger partial charge >= 0.3 is 0 Å². The number of allylic oxidation sites excluding steroid dienone is 4. The molecule has 0 fully saturated rings. The van der Waals surface area contributed by atoms with Crippen molar-refractivity contribution in [3.8, 4) is 0 Å². The zero-order chi connectivity index (χ0) is 10.9. The van der Waals surface area contributed by atoms with Crippen LogP contribution in [0.1, 0.15) is 20.8 Å². The van der Waals surface area contributed by atoms with E-state index in [2.05, 4.69) is 13.2 Å². The summed E-state index contributed by atoms with van der Waals surface area (Å²) in [5.74, 6) is -0.772. The molecule has 0 rings (SSSR count). The molecule has 0 radical (unpaired) electrons. The third-order valence-corrected chi connectivity index (χ3v) is 1.41. The third-order valence-electron chi connectivity index (χ3n) is 1.41. The molecule has 0 amide bonds. The van der Waals surface area contributed by atoms with Crippen molar-refractivity contribution in [2.75, 3.05) is 0 Å². The van der Waals surface area contributed by atoms with Crippen molar-refractivity contribution in [1.82, 2.24) is 0 Å². The molecule has 0 nitrogen and oxygen atoms in total. The first-order valence-electron chi connectivity index (χ1n) is 4.35. The number of alkyl halides is 2. The number of hydrogen-bond donors (Lipinski definition) is 0. The molecule has 0 bridgehead atoms. The Bertz CT molecular complexity index is 169. The van der Waals surface area contributed by atoms with E-state index in [1.54, 1.807) is 12.2 Å². The van der Waals surface area contributed by atoms with Gasteiger partial charge in [0.15, 0.2) is 0 Å². The first kappa shape index (κ1) is 14.6.